The largest absolute Gasteiger partial charge is 0.353 e. The summed E-state index contributed by atoms with van der Waals surface area (Å²) in [6.45, 7) is 2.17. The Bertz CT molecular complexity index is 591. The van der Waals surface area contributed by atoms with Crippen molar-refractivity contribution < 1.29 is 0 Å². The highest BCUT2D eigenvalue weighted by Gasteiger charge is 2.26. The highest BCUT2D eigenvalue weighted by Crippen LogP contribution is 2.33. The van der Waals surface area contributed by atoms with E-state index in [2.05, 4.69) is 46.3 Å². The second-order valence-electron chi connectivity index (χ2n) is 5.07. The highest BCUT2D eigenvalue weighted by molar-refractivity contribution is 7.71. The van der Waals surface area contributed by atoms with E-state index in [0.29, 0.717) is 6.04 Å². The second kappa shape index (κ2) is 5.68. The minimum atomic E-state index is 0.463. The molecule has 98 valence electrons. The van der Waals surface area contributed by atoms with E-state index in [1.807, 2.05) is 12.3 Å². The lowest BCUT2D eigenvalue weighted by Crippen LogP contribution is -2.23. The van der Waals surface area contributed by atoms with Gasteiger partial charge in [-0.1, -0.05) is 48.6 Å². The van der Waals surface area contributed by atoms with Crippen molar-refractivity contribution in [2.45, 2.75) is 25.4 Å². The number of benzene rings is 1. The van der Waals surface area contributed by atoms with Crippen molar-refractivity contribution in [1.29, 1.82) is 0 Å². The third-order valence-corrected chi connectivity index (χ3v) is 4.15. The molecule has 1 aliphatic heterocycles. The van der Waals surface area contributed by atoms with Gasteiger partial charge in [-0.15, -0.1) is 0 Å². The number of hydrogen-bond acceptors (Lipinski definition) is 2. The molecule has 3 rings (SSSR count). The molecule has 1 N–H and O–H groups in total. The first-order valence-electron chi connectivity index (χ1n) is 6.80. The molecular weight excluding hydrogens is 252 g/mol. The average Bonchev–Trinajstić information content (AvgIpc) is 2.88. The summed E-state index contributed by atoms with van der Waals surface area (Å²) >= 11 is 5.42. The van der Waals surface area contributed by atoms with Crippen LogP contribution in [0.25, 0.3) is 0 Å². The van der Waals surface area contributed by atoms with Gasteiger partial charge in [0.2, 0.25) is 0 Å². The molecule has 2 heterocycles. The topological polar surface area (TPSA) is 19.0 Å². The van der Waals surface area contributed by atoms with E-state index in [9.17, 15) is 0 Å². The SMILES string of the molecule is S=c1[nH]cccc1C1CCCN1Cc1ccccc1. The standard InChI is InChI=1S/C16H18N2S/c19-16-14(8-4-10-17-16)15-9-5-11-18(15)12-13-6-2-1-3-7-13/h1-4,6-8,10,15H,5,9,11-12H2,(H,17,19). The Balaban J connectivity index is 1.83. The Labute approximate surface area is 119 Å². The van der Waals surface area contributed by atoms with Crippen LogP contribution in [0.3, 0.4) is 0 Å². The van der Waals surface area contributed by atoms with Gasteiger partial charge in [0.1, 0.15) is 4.64 Å². The predicted molar refractivity (Wildman–Crippen MR) is 80.5 cm³/mol. The van der Waals surface area contributed by atoms with Gasteiger partial charge in [-0.25, -0.2) is 0 Å². The van der Waals surface area contributed by atoms with Crippen LogP contribution in [-0.4, -0.2) is 16.4 Å². The Hall–Kier alpha value is -1.45. The summed E-state index contributed by atoms with van der Waals surface area (Å²) in [6, 6.07) is 15.3. The summed E-state index contributed by atoms with van der Waals surface area (Å²) in [7, 11) is 0. The van der Waals surface area contributed by atoms with Gasteiger partial charge in [0.25, 0.3) is 0 Å². The number of likely N-dealkylation sites (tertiary alicyclic amines) is 1. The van der Waals surface area contributed by atoms with Crippen LogP contribution in [0.1, 0.15) is 30.0 Å². The van der Waals surface area contributed by atoms with E-state index >= 15 is 0 Å². The lowest BCUT2D eigenvalue weighted by molar-refractivity contribution is 0.248. The van der Waals surface area contributed by atoms with Gasteiger partial charge in [-0.3, -0.25) is 4.90 Å². The maximum Gasteiger partial charge on any atom is 0.108 e. The van der Waals surface area contributed by atoms with Gasteiger partial charge in [0.15, 0.2) is 0 Å². The van der Waals surface area contributed by atoms with E-state index in [0.717, 1.165) is 17.7 Å². The molecule has 19 heavy (non-hydrogen) atoms. The number of rotatable bonds is 3. The van der Waals surface area contributed by atoms with Crippen LogP contribution in [0.15, 0.2) is 48.7 Å². The number of nitrogens with zero attached hydrogens (tertiary/aromatic N) is 1. The molecule has 1 aliphatic rings. The first-order valence-corrected chi connectivity index (χ1v) is 7.21. The first-order chi connectivity index (χ1) is 9.34. The van der Waals surface area contributed by atoms with Crippen molar-refractivity contribution in [3.63, 3.8) is 0 Å². The number of pyridine rings is 1. The van der Waals surface area contributed by atoms with Crippen LogP contribution in [0.5, 0.6) is 0 Å². The number of aromatic amines is 1. The summed E-state index contributed by atoms with van der Waals surface area (Å²) in [4.78, 5) is 5.69. The lowest BCUT2D eigenvalue weighted by atomic mass is 10.1. The Morgan fingerprint density at radius 3 is 2.79 bits per heavy atom. The van der Waals surface area contributed by atoms with Gasteiger partial charge >= 0.3 is 0 Å². The van der Waals surface area contributed by atoms with Gasteiger partial charge in [0.05, 0.1) is 0 Å². The van der Waals surface area contributed by atoms with E-state index in [-0.39, 0.29) is 0 Å². The molecule has 1 fully saturated rings. The second-order valence-corrected chi connectivity index (χ2v) is 5.48. The fraction of sp³-hybridized carbons (Fsp3) is 0.312. The maximum atomic E-state index is 5.42. The maximum absolute atomic E-state index is 5.42. The Morgan fingerprint density at radius 1 is 1.16 bits per heavy atom. The molecule has 0 radical (unpaired) electrons. The molecular formula is C16H18N2S. The molecule has 2 nitrogen and oxygen atoms in total. The van der Waals surface area contributed by atoms with Crippen molar-refractivity contribution in [2.75, 3.05) is 6.54 Å². The Kier molecular flexibility index (Phi) is 3.76. The van der Waals surface area contributed by atoms with Crippen molar-refractivity contribution in [2.24, 2.45) is 0 Å². The van der Waals surface area contributed by atoms with E-state index in [4.69, 9.17) is 12.2 Å². The molecule has 1 atom stereocenters. The van der Waals surface area contributed by atoms with Crippen molar-refractivity contribution in [3.05, 3.63) is 64.4 Å². The van der Waals surface area contributed by atoms with E-state index in [1.54, 1.807) is 0 Å². The van der Waals surface area contributed by atoms with Crippen LogP contribution in [-0.2, 0) is 6.54 Å². The van der Waals surface area contributed by atoms with Gasteiger partial charge in [-0.05, 0) is 31.0 Å². The molecule has 1 saturated heterocycles. The van der Waals surface area contributed by atoms with Crippen molar-refractivity contribution in [3.8, 4) is 0 Å². The zero-order valence-corrected chi connectivity index (χ0v) is 11.7. The summed E-state index contributed by atoms with van der Waals surface area (Å²) in [5.74, 6) is 0. The quantitative estimate of drug-likeness (QED) is 0.847. The van der Waals surface area contributed by atoms with Gasteiger partial charge < -0.3 is 4.98 Å². The van der Waals surface area contributed by atoms with Crippen molar-refractivity contribution >= 4 is 12.2 Å². The summed E-state index contributed by atoms with van der Waals surface area (Å²) < 4.78 is 0.882. The number of H-pyrrole nitrogens is 1. The molecule has 2 aromatic rings. The normalized spacial score (nSPS) is 19.7. The van der Waals surface area contributed by atoms with Crippen molar-refractivity contribution in [1.82, 2.24) is 9.88 Å². The Morgan fingerprint density at radius 2 is 2.00 bits per heavy atom. The monoisotopic (exact) mass is 270 g/mol. The van der Waals surface area contributed by atoms with Gasteiger partial charge in [-0.2, -0.15) is 0 Å². The highest BCUT2D eigenvalue weighted by atomic mass is 32.1. The fourth-order valence-electron chi connectivity index (χ4n) is 2.88. The molecule has 1 aromatic heterocycles. The number of nitrogens with one attached hydrogen (secondary N) is 1. The van der Waals surface area contributed by atoms with Crippen LogP contribution in [0, 0.1) is 4.64 Å². The van der Waals surface area contributed by atoms with E-state index in [1.165, 1.54) is 24.0 Å². The zero-order valence-electron chi connectivity index (χ0n) is 10.9. The van der Waals surface area contributed by atoms with Crippen LogP contribution < -0.4 is 0 Å². The smallest absolute Gasteiger partial charge is 0.108 e. The number of aromatic nitrogens is 1. The summed E-state index contributed by atoms with van der Waals surface area (Å²) in [6.07, 6.45) is 4.36. The molecule has 0 spiro atoms. The predicted octanol–water partition coefficient (Wildman–Crippen LogP) is 4.08. The molecule has 0 bridgehead atoms. The fourth-order valence-corrected chi connectivity index (χ4v) is 3.15. The zero-order chi connectivity index (χ0) is 13.1. The molecule has 0 aliphatic carbocycles. The molecule has 0 amide bonds. The average molecular weight is 270 g/mol. The van der Waals surface area contributed by atoms with Gasteiger partial charge in [0, 0.05) is 24.3 Å². The minimum Gasteiger partial charge on any atom is -0.353 e. The minimum absolute atomic E-state index is 0.463. The summed E-state index contributed by atoms with van der Waals surface area (Å²) in [5, 5.41) is 0. The first kappa shape index (κ1) is 12.6. The third-order valence-electron chi connectivity index (χ3n) is 3.80. The third kappa shape index (κ3) is 2.77. The molecule has 3 heteroatoms. The number of hydrogen-bond donors (Lipinski definition) is 1. The van der Waals surface area contributed by atoms with Crippen LogP contribution in [0.4, 0.5) is 0 Å². The van der Waals surface area contributed by atoms with Crippen LogP contribution in [0.2, 0.25) is 0 Å². The van der Waals surface area contributed by atoms with Crippen LogP contribution >= 0.6 is 12.2 Å². The van der Waals surface area contributed by atoms with E-state index < -0.39 is 0 Å². The molecule has 1 unspecified atom stereocenters. The lowest BCUT2D eigenvalue weighted by Gasteiger charge is -2.24. The molecule has 0 saturated carbocycles. The molecule has 1 aromatic carbocycles. The summed E-state index contributed by atoms with van der Waals surface area (Å²) in [5.41, 5.74) is 2.64.